The van der Waals surface area contributed by atoms with E-state index in [1.807, 2.05) is 0 Å². The summed E-state index contributed by atoms with van der Waals surface area (Å²) in [4.78, 5) is 19.9. The van der Waals surface area contributed by atoms with E-state index in [4.69, 9.17) is 9.47 Å². The lowest BCUT2D eigenvalue weighted by Gasteiger charge is -2.07. The van der Waals surface area contributed by atoms with Crippen molar-refractivity contribution in [2.24, 2.45) is 5.92 Å². The van der Waals surface area contributed by atoms with Crippen molar-refractivity contribution in [2.75, 3.05) is 20.3 Å². The first-order valence-corrected chi connectivity index (χ1v) is 5.27. The molecule has 0 aromatic carbocycles. The van der Waals surface area contributed by atoms with Gasteiger partial charge in [-0.2, -0.15) is 0 Å². The van der Waals surface area contributed by atoms with Crippen LogP contribution in [0.1, 0.15) is 23.3 Å². The van der Waals surface area contributed by atoms with Gasteiger partial charge in [0.1, 0.15) is 0 Å². The van der Waals surface area contributed by atoms with Crippen molar-refractivity contribution >= 4 is 5.78 Å². The molecule has 0 bridgehead atoms. The number of hydrogen-bond acceptors (Lipinski definition) is 5. The topological polar surface area (TPSA) is 61.3 Å². The van der Waals surface area contributed by atoms with Crippen molar-refractivity contribution < 1.29 is 14.3 Å². The molecular formula is C11H14N2O3. The quantitative estimate of drug-likeness (QED) is 0.714. The average Bonchev–Trinajstić information content (AvgIpc) is 2.81. The third-order valence-corrected chi connectivity index (χ3v) is 2.62. The largest absolute Gasteiger partial charge is 0.479 e. The van der Waals surface area contributed by atoms with Crippen LogP contribution in [0.4, 0.5) is 0 Å². The molecule has 1 unspecified atom stereocenters. The molecule has 2 rings (SSSR count). The van der Waals surface area contributed by atoms with Gasteiger partial charge in [-0.15, -0.1) is 0 Å². The first kappa shape index (κ1) is 11.0. The predicted molar refractivity (Wildman–Crippen MR) is 56.5 cm³/mol. The second kappa shape index (κ2) is 5.03. The number of carbonyl (C=O) groups is 1. The monoisotopic (exact) mass is 222 g/mol. The van der Waals surface area contributed by atoms with Crippen LogP contribution in [-0.4, -0.2) is 36.1 Å². The Labute approximate surface area is 93.8 Å². The molecule has 1 aliphatic heterocycles. The van der Waals surface area contributed by atoms with Crippen LogP contribution in [0.2, 0.25) is 0 Å². The summed E-state index contributed by atoms with van der Waals surface area (Å²) in [5.74, 6) is 0.575. The van der Waals surface area contributed by atoms with Crippen molar-refractivity contribution in [1.82, 2.24) is 9.97 Å². The molecule has 0 amide bonds. The van der Waals surface area contributed by atoms with Gasteiger partial charge in [0, 0.05) is 32.0 Å². The molecule has 86 valence electrons. The summed E-state index contributed by atoms with van der Waals surface area (Å²) in [6.45, 7) is 1.41. The van der Waals surface area contributed by atoms with E-state index in [1.165, 1.54) is 19.5 Å². The van der Waals surface area contributed by atoms with E-state index < -0.39 is 0 Å². The first-order chi connectivity index (χ1) is 7.81. The standard InChI is InChI=1S/C11H14N2O3/c1-15-11-10(12-3-4-13-11)9(14)6-8-2-5-16-7-8/h3-4,8H,2,5-7H2,1H3. The van der Waals surface area contributed by atoms with Crippen LogP contribution in [0.3, 0.4) is 0 Å². The molecule has 0 spiro atoms. The molecule has 1 atom stereocenters. The fourth-order valence-electron chi connectivity index (χ4n) is 1.77. The van der Waals surface area contributed by atoms with Gasteiger partial charge in [-0.25, -0.2) is 9.97 Å². The maximum absolute atomic E-state index is 11.9. The number of carbonyl (C=O) groups excluding carboxylic acids is 1. The van der Waals surface area contributed by atoms with Crippen LogP contribution in [-0.2, 0) is 4.74 Å². The minimum atomic E-state index is -0.0274. The predicted octanol–water partition coefficient (Wildman–Crippen LogP) is 1.09. The number of aromatic nitrogens is 2. The van der Waals surface area contributed by atoms with Crippen LogP contribution < -0.4 is 4.74 Å². The maximum Gasteiger partial charge on any atom is 0.243 e. The summed E-state index contributed by atoms with van der Waals surface area (Å²) in [6.07, 6.45) is 4.40. The normalized spacial score (nSPS) is 19.7. The molecule has 1 fully saturated rings. The van der Waals surface area contributed by atoms with Crippen LogP contribution in [0.5, 0.6) is 5.88 Å². The van der Waals surface area contributed by atoms with Crippen molar-refractivity contribution in [3.63, 3.8) is 0 Å². The minimum absolute atomic E-state index is 0.0274. The minimum Gasteiger partial charge on any atom is -0.479 e. The van der Waals surface area contributed by atoms with Gasteiger partial charge >= 0.3 is 0 Å². The number of ether oxygens (including phenoxy) is 2. The first-order valence-electron chi connectivity index (χ1n) is 5.27. The lowest BCUT2D eigenvalue weighted by atomic mass is 10.0. The number of methoxy groups -OCH3 is 1. The molecule has 0 radical (unpaired) electrons. The zero-order chi connectivity index (χ0) is 11.4. The number of nitrogens with zero attached hydrogens (tertiary/aromatic N) is 2. The lowest BCUT2D eigenvalue weighted by Crippen LogP contribution is -2.12. The lowest BCUT2D eigenvalue weighted by molar-refractivity contribution is 0.0943. The molecule has 1 aliphatic rings. The summed E-state index contributed by atoms with van der Waals surface area (Å²) >= 11 is 0. The molecule has 0 N–H and O–H groups in total. The van der Waals surface area contributed by atoms with E-state index in [0.717, 1.165) is 13.0 Å². The number of rotatable bonds is 4. The highest BCUT2D eigenvalue weighted by atomic mass is 16.5. The molecule has 0 aliphatic carbocycles. The van der Waals surface area contributed by atoms with Gasteiger partial charge in [-0.1, -0.05) is 0 Å². The fraction of sp³-hybridized carbons (Fsp3) is 0.545. The van der Waals surface area contributed by atoms with Crippen molar-refractivity contribution in [3.8, 4) is 5.88 Å². The smallest absolute Gasteiger partial charge is 0.243 e. The van der Waals surface area contributed by atoms with E-state index in [0.29, 0.717) is 30.5 Å². The molecule has 0 saturated carbocycles. The molecule has 5 nitrogen and oxygen atoms in total. The van der Waals surface area contributed by atoms with Gasteiger partial charge in [0.25, 0.3) is 0 Å². The summed E-state index contributed by atoms with van der Waals surface area (Å²) in [7, 11) is 1.49. The van der Waals surface area contributed by atoms with Gasteiger partial charge in [-0.3, -0.25) is 4.79 Å². The Morgan fingerprint density at radius 3 is 3.06 bits per heavy atom. The Kier molecular flexibility index (Phi) is 3.46. The highest BCUT2D eigenvalue weighted by Gasteiger charge is 2.22. The molecule has 16 heavy (non-hydrogen) atoms. The number of Topliss-reactive ketones (excluding diaryl/α,β-unsaturated/α-hetero) is 1. The highest BCUT2D eigenvalue weighted by Crippen LogP contribution is 2.21. The van der Waals surface area contributed by atoms with Gasteiger partial charge in [0.2, 0.25) is 5.88 Å². The molecule has 1 aromatic rings. The molecule has 1 saturated heterocycles. The van der Waals surface area contributed by atoms with E-state index in [1.54, 1.807) is 0 Å². The van der Waals surface area contributed by atoms with Crippen molar-refractivity contribution in [2.45, 2.75) is 12.8 Å². The third-order valence-electron chi connectivity index (χ3n) is 2.62. The van der Waals surface area contributed by atoms with E-state index >= 15 is 0 Å². The van der Waals surface area contributed by atoms with Crippen LogP contribution >= 0.6 is 0 Å². The second-order valence-electron chi connectivity index (χ2n) is 3.77. The number of hydrogen-bond donors (Lipinski definition) is 0. The Morgan fingerprint density at radius 1 is 1.56 bits per heavy atom. The SMILES string of the molecule is COc1nccnc1C(=O)CC1CCOC1. The highest BCUT2D eigenvalue weighted by molar-refractivity contribution is 5.96. The average molecular weight is 222 g/mol. The Morgan fingerprint density at radius 2 is 2.38 bits per heavy atom. The van der Waals surface area contributed by atoms with E-state index in [2.05, 4.69) is 9.97 Å². The van der Waals surface area contributed by atoms with Gasteiger partial charge in [0.05, 0.1) is 7.11 Å². The Balaban J connectivity index is 2.07. The summed E-state index contributed by atoms with van der Waals surface area (Å²) in [5, 5.41) is 0. The van der Waals surface area contributed by atoms with Crippen LogP contribution in [0.15, 0.2) is 12.4 Å². The fourth-order valence-corrected chi connectivity index (χ4v) is 1.77. The molecule has 2 heterocycles. The van der Waals surface area contributed by atoms with Gasteiger partial charge in [0.15, 0.2) is 11.5 Å². The molecule has 5 heteroatoms. The Bertz CT molecular complexity index is 375. The Hall–Kier alpha value is -1.49. The second-order valence-corrected chi connectivity index (χ2v) is 3.77. The number of ketones is 1. The van der Waals surface area contributed by atoms with E-state index in [9.17, 15) is 4.79 Å². The maximum atomic E-state index is 11.9. The summed E-state index contributed by atoms with van der Waals surface area (Å²) < 4.78 is 10.2. The van der Waals surface area contributed by atoms with Crippen LogP contribution in [0.25, 0.3) is 0 Å². The van der Waals surface area contributed by atoms with E-state index in [-0.39, 0.29) is 5.78 Å². The van der Waals surface area contributed by atoms with Gasteiger partial charge < -0.3 is 9.47 Å². The zero-order valence-corrected chi connectivity index (χ0v) is 9.18. The molecular weight excluding hydrogens is 208 g/mol. The van der Waals surface area contributed by atoms with Crippen molar-refractivity contribution in [3.05, 3.63) is 18.1 Å². The molecule has 1 aromatic heterocycles. The summed E-state index contributed by atoms with van der Waals surface area (Å²) in [5.41, 5.74) is 0.317. The summed E-state index contributed by atoms with van der Waals surface area (Å²) in [6, 6.07) is 0. The zero-order valence-electron chi connectivity index (χ0n) is 9.18. The van der Waals surface area contributed by atoms with Gasteiger partial charge in [-0.05, 0) is 12.3 Å². The van der Waals surface area contributed by atoms with Crippen molar-refractivity contribution in [1.29, 1.82) is 0 Å². The third kappa shape index (κ3) is 2.36. The van der Waals surface area contributed by atoms with Crippen LogP contribution in [0, 0.1) is 5.92 Å².